The highest BCUT2D eigenvalue weighted by atomic mass is 27.0. The lowest BCUT2D eigenvalue weighted by Gasteiger charge is -1.87. The van der Waals surface area contributed by atoms with Gasteiger partial charge in [0.05, 0.1) is 6.42 Å². The number of carboxylic acids is 1. The third-order valence-corrected chi connectivity index (χ3v) is 0.801. The van der Waals surface area contributed by atoms with Gasteiger partial charge in [-0.15, -0.1) is 0 Å². The molecule has 0 amide bonds. The fourth-order valence-electron chi connectivity index (χ4n) is 0.306. The van der Waals surface area contributed by atoms with Crippen molar-refractivity contribution >= 4 is 34.9 Å². The van der Waals surface area contributed by atoms with Gasteiger partial charge in [0.15, 0.2) is 23.1 Å². The van der Waals surface area contributed by atoms with E-state index >= 15 is 0 Å². The van der Waals surface area contributed by atoms with Gasteiger partial charge in [-0.1, -0.05) is 6.58 Å². The summed E-state index contributed by atoms with van der Waals surface area (Å²) in [4.78, 5) is 30.4. The van der Waals surface area contributed by atoms with Gasteiger partial charge in [0.25, 0.3) is 0 Å². The molecule has 0 fully saturated rings. The van der Waals surface area contributed by atoms with Crippen LogP contribution in [0.5, 0.6) is 0 Å². The summed E-state index contributed by atoms with van der Waals surface area (Å²) < 4.78 is 0. The number of carbonyl (C=O) groups excluding carboxylic acids is 2. The van der Waals surface area contributed by atoms with Gasteiger partial charge in [0.2, 0.25) is 5.78 Å². The summed E-state index contributed by atoms with van der Waals surface area (Å²) in [6.45, 7) is 3.08. The zero-order chi connectivity index (χ0) is 8.15. The van der Waals surface area contributed by atoms with Crippen LogP contribution in [-0.4, -0.2) is 40.0 Å². The first kappa shape index (κ1) is 12.7. The number of allylic oxidation sites excluding steroid dienone is 1. The number of carbonyl (C=O) groups is 3. The van der Waals surface area contributed by atoms with E-state index in [-0.39, 0.29) is 17.4 Å². The Labute approximate surface area is 74.0 Å². The third kappa shape index (κ3) is 5.52. The van der Waals surface area contributed by atoms with Crippen LogP contribution in [0.2, 0.25) is 0 Å². The molecule has 11 heavy (non-hydrogen) atoms. The Hall–Kier alpha value is -0.918. The van der Waals surface area contributed by atoms with Gasteiger partial charge in [-0.3, -0.25) is 9.59 Å². The molecule has 0 heterocycles. The lowest BCUT2D eigenvalue weighted by Crippen LogP contribution is -2.15. The maximum absolute atomic E-state index is 10.3. The Balaban J connectivity index is 0. The number of aliphatic carboxylic acids is 1. The largest absolute Gasteiger partial charge is 0.475 e. The second-order valence-electron chi connectivity index (χ2n) is 1.58. The highest BCUT2D eigenvalue weighted by Crippen LogP contribution is 1.86. The third-order valence-electron chi connectivity index (χ3n) is 0.801. The van der Waals surface area contributed by atoms with Gasteiger partial charge in [-0.05, 0) is 6.08 Å². The fourth-order valence-corrected chi connectivity index (χ4v) is 0.306. The molecule has 60 valence electrons. The molecule has 0 saturated carbocycles. The molecule has 0 bridgehead atoms. The molecule has 0 saturated heterocycles. The predicted octanol–water partition coefficient (Wildman–Crippen LogP) is -1.40. The molecule has 0 radical (unpaired) electrons. The number of Topliss-reactive ketones (excluding diaryl/α,β-unsaturated/α-hetero) is 1. The second kappa shape index (κ2) is 5.84. The molecule has 0 aliphatic carbocycles. The number of hydrogen-bond donors (Lipinski definition) is 1. The molecule has 4 nitrogen and oxygen atoms in total. The van der Waals surface area contributed by atoms with Crippen LogP contribution in [0.15, 0.2) is 12.7 Å². The van der Waals surface area contributed by atoms with Crippen LogP contribution in [0, 0.1) is 0 Å². The first-order chi connectivity index (χ1) is 4.57. The van der Waals surface area contributed by atoms with Crippen LogP contribution in [-0.2, 0) is 14.4 Å². The van der Waals surface area contributed by atoms with Gasteiger partial charge < -0.3 is 5.11 Å². The minimum Gasteiger partial charge on any atom is -0.475 e. The Morgan fingerprint density at radius 3 is 2.09 bits per heavy atom. The van der Waals surface area contributed by atoms with E-state index in [1.807, 2.05) is 0 Å². The molecule has 0 rings (SSSR count). The van der Waals surface area contributed by atoms with Crippen molar-refractivity contribution in [3.8, 4) is 0 Å². The first-order valence-electron chi connectivity index (χ1n) is 2.49. The average Bonchev–Trinajstić information content (AvgIpc) is 1.87. The Kier molecular flexibility index (Phi) is 6.76. The number of rotatable bonds is 4. The normalized spacial score (nSPS) is 7.64. The van der Waals surface area contributed by atoms with E-state index in [4.69, 9.17) is 5.11 Å². The van der Waals surface area contributed by atoms with Gasteiger partial charge in [-0.2, -0.15) is 0 Å². The highest BCUT2D eigenvalue weighted by Gasteiger charge is 2.13. The van der Waals surface area contributed by atoms with Crippen LogP contribution < -0.4 is 0 Å². The molecule has 0 aliphatic rings. The van der Waals surface area contributed by atoms with Crippen LogP contribution >= 0.6 is 0 Å². The maximum Gasteiger partial charge on any atom is 0.372 e. The van der Waals surface area contributed by atoms with Crippen molar-refractivity contribution in [3.63, 3.8) is 0 Å². The van der Waals surface area contributed by atoms with Crippen molar-refractivity contribution in [2.75, 3.05) is 0 Å². The standard InChI is InChI=1S/C6H6O4.Al.3H/c1-2-4(7)3-5(8)6(9)10;;;;/h2H,1,3H2,(H,9,10);;;;. The van der Waals surface area contributed by atoms with Crippen molar-refractivity contribution in [3.05, 3.63) is 12.7 Å². The van der Waals surface area contributed by atoms with E-state index in [2.05, 4.69) is 6.58 Å². The smallest absolute Gasteiger partial charge is 0.372 e. The Morgan fingerprint density at radius 1 is 1.36 bits per heavy atom. The number of hydrogen-bond acceptors (Lipinski definition) is 3. The summed E-state index contributed by atoms with van der Waals surface area (Å²) in [6.07, 6.45) is 0.319. The van der Waals surface area contributed by atoms with Crippen molar-refractivity contribution in [2.45, 2.75) is 6.42 Å². The van der Waals surface area contributed by atoms with Crippen molar-refractivity contribution in [1.29, 1.82) is 0 Å². The van der Waals surface area contributed by atoms with E-state index in [0.29, 0.717) is 0 Å². The molecule has 0 aliphatic heterocycles. The van der Waals surface area contributed by atoms with Crippen molar-refractivity contribution in [1.82, 2.24) is 0 Å². The van der Waals surface area contributed by atoms with Crippen LogP contribution in [0.4, 0.5) is 0 Å². The van der Waals surface area contributed by atoms with E-state index in [0.717, 1.165) is 6.08 Å². The molecule has 0 aromatic rings. The zero-order valence-electron chi connectivity index (χ0n) is 5.16. The van der Waals surface area contributed by atoms with Gasteiger partial charge in [-0.25, -0.2) is 4.79 Å². The van der Waals surface area contributed by atoms with Gasteiger partial charge in [0, 0.05) is 0 Å². The number of carboxylic acid groups (broad SMARTS) is 1. The van der Waals surface area contributed by atoms with Crippen molar-refractivity contribution in [2.24, 2.45) is 0 Å². The quantitative estimate of drug-likeness (QED) is 0.245. The minimum atomic E-state index is -1.59. The molecule has 0 atom stereocenters. The van der Waals surface area contributed by atoms with Crippen LogP contribution in [0.25, 0.3) is 0 Å². The molecule has 0 unspecified atom stereocenters. The lowest BCUT2D eigenvalue weighted by molar-refractivity contribution is -0.149. The fraction of sp³-hybridized carbons (Fsp3) is 0.167. The van der Waals surface area contributed by atoms with Gasteiger partial charge >= 0.3 is 5.97 Å². The molecular formula is C6H9AlO4. The summed E-state index contributed by atoms with van der Waals surface area (Å²) >= 11 is 0. The SMILES string of the molecule is C=CC(=O)CC(=O)C(=O)O.[AlH3]. The molecule has 0 spiro atoms. The monoisotopic (exact) mass is 172 g/mol. The molecule has 1 N–H and O–H groups in total. The highest BCUT2D eigenvalue weighted by molar-refractivity contribution is 6.36. The summed E-state index contributed by atoms with van der Waals surface area (Å²) in [5.74, 6) is -3.27. The Bertz CT molecular complexity index is 197. The van der Waals surface area contributed by atoms with E-state index in [9.17, 15) is 14.4 Å². The number of ketones is 2. The predicted molar refractivity (Wildman–Crippen MR) is 42.4 cm³/mol. The lowest BCUT2D eigenvalue weighted by atomic mass is 10.2. The zero-order valence-corrected chi connectivity index (χ0v) is 5.16. The van der Waals surface area contributed by atoms with E-state index in [1.165, 1.54) is 0 Å². The van der Waals surface area contributed by atoms with Crippen LogP contribution in [0.1, 0.15) is 6.42 Å². The molecule has 0 aromatic heterocycles. The van der Waals surface area contributed by atoms with Gasteiger partial charge in [0.1, 0.15) is 0 Å². The summed E-state index contributed by atoms with van der Waals surface area (Å²) in [7, 11) is 0. The topological polar surface area (TPSA) is 71.4 Å². The minimum absolute atomic E-state index is 0. The second-order valence-corrected chi connectivity index (χ2v) is 1.58. The molecule has 0 aromatic carbocycles. The molecular weight excluding hydrogens is 163 g/mol. The first-order valence-corrected chi connectivity index (χ1v) is 2.49. The summed E-state index contributed by atoms with van der Waals surface area (Å²) in [5, 5.41) is 7.99. The molecule has 5 heteroatoms. The maximum atomic E-state index is 10.3. The summed E-state index contributed by atoms with van der Waals surface area (Å²) in [6, 6.07) is 0. The van der Waals surface area contributed by atoms with Crippen LogP contribution in [0.3, 0.4) is 0 Å². The van der Waals surface area contributed by atoms with E-state index in [1.54, 1.807) is 0 Å². The van der Waals surface area contributed by atoms with Crippen molar-refractivity contribution < 1.29 is 19.5 Å². The van der Waals surface area contributed by atoms with E-state index < -0.39 is 24.0 Å². The average molecular weight is 172 g/mol. The summed E-state index contributed by atoms with van der Waals surface area (Å²) in [5.41, 5.74) is 0. The Morgan fingerprint density at radius 2 is 1.82 bits per heavy atom.